The van der Waals surface area contributed by atoms with Crippen LogP contribution < -0.4 is 9.47 Å². The summed E-state index contributed by atoms with van der Waals surface area (Å²) in [5.74, 6) is -0.827. The number of alkyl halides is 6. The Kier molecular flexibility index (Phi) is 7.74. The van der Waals surface area contributed by atoms with Crippen LogP contribution in [0, 0.1) is 45.3 Å². The van der Waals surface area contributed by atoms with Crippen molar-refractivity contribution >= 4 is 11.1 Å². The second-order valence-electron chi connectivity index (χ2n) is 11.2. The molecule has 7 rings (SSSR count). The van der Waals surface area contributed by atoms with Crippen molar-refractivity contribution in [2.75, 3.05) is 0 Å². The molecule has 52 heavy (non-hydrogen) atoms. The first-order chi connectivity index (χ1) is 24.8. The van der Waals surface area contributed by atoms with E-state index in [0.717, 1.165) is 24.3 Å². The Morgan fingerprint density at radius 1 is 0.442 bits per heavy atom. The lowest BCUT2D eigenvalue weighted by atomic mass is 9.96. The Bertz CT molecular complexity index is 2370. The smallest absolute Gasteiger partial charge is 0.406 e. The van der Waals surface area contributed by atoms with Gasteiger partial charge in [0.2, 0.25) is 0 Å². The largest absolute Gasteiger partial charge is 0.573 e. The zero-order valence-corrected chi connectivity index (χ0v) is 25.9. The lowest BCUT2D eigenvalue weighted by molar-refractivity contribution is -0.275. The zero-order valence-electron chi connectivity index (χ0n) is 25.9. The lowest BCUT2D eigenvalue weighted by Gasteiger charge is -2.10. The summed E-state index contributed by atoms with van der Waals surface area (Å²) in [7, 11) is 0. The summed E-state index contributed by atoms with van der Waals surface area (Å²) in [5.41, 5.74) is 4.52. The highest BCUT2D eigenvalue weighted by atomic mass is 19.4. The summed E-state index contributed by atoms with van der Waals surface area (Å²) in [5, 5.41) is 39.8. The van der Waals surface area contributed by atoms with Crippen LogP contribution in [-0.2, 0) is 0 Å². The number of aromatic nitrogens is 2. The van der Waals surface area contributed by atoms with Gasteiger partial charge in [0.15, 0.2) is 0 Å². The van der Waals surface area contributed by atoms with E-state index in [0.29, 0.717) is 44.5 Å². The van der Waals surface area contributed by atoms with Crippen molar-refractivity contribution in [3.05, 3.63) is 119 Å². The maximum atomic E-state index is 12.7. The van der Waals surface area contributed by atoms with Crippen molar-refractivity contribution in [1.82, 2.24) is 9.97 Å². The third-order valence-electron chi connectivity index (χ3n) is 8.25. The van der Waals surface area contributed by atoms with Crippen LogP contribution in [-0.4, -0.2) is 22.7 Å². The molecule has 0 fully saturated rings. The molecule has 14 heteroatoms. The number of halogens is 6. The van der Waals surface area contributed by atoms with Gasteiger partial charge in [-0.3, -0.25) is 0 Å². The van der Waals surface area contributed by atoms with Gasteiger partial charge in [0, 0.05) is 22.3 Å². The van der Waals surface area contributed by atoms with Crippen LogP contribution in [0.5, 0.6) is 11.5 Å². The van der Waals surface area contributed by atoms with E-state index in [-0.39, 0.29) is 45.1 Å². The molecule has 0 radical (unpaired) electrons. The predicted octanol–water partition coefficient (Wildman–Crippen LogP) is 9.27. The summed E-state index contributed by atoms with van der Waals surface area (Å²) >= 11 is 0. The molecule has 250 valence electrons. The van der Waals surface area contributed by atoms with E-state index in [2.05, 4.69) is 9.47 Å². The third-order valence-corrected chi connectivity index (χ3v) is 8.25. The van der Waals surface area contributed by atoms with Gasteiger partial charge >= 0.3 is 12.7 Å². The van der Waals surface area contributed by atoms with Crippen LogP contribution in [0.25, 0.3) is 55.9 Å². The second kappa shape index (κ2) is 12.2. The van der Waals surface area contributed by atoms with E-state index >= 15 is 0 Å². The summed E-state index contributed by atoms with van der Waals surface area (Å²) in [4.78, 5) is 9.73. The van der Waals surface area contributed by atoms with Gasteiger partial charge in [0.05, 0.1) is 11.4 Å². The molecule has 8 nitrogen and oxygen atoms in total. The van der Waals surface area contributed by atoms with Gasteiger partial charge < -0.3 is 9.47 Å². The number of hydrogen-bond acceptors (Lipinski definition) is 8. The number of ether oxygens (including phenoxy) is 2. The van der Waals surface area contributed by atoms with Gasteiger partial charge in [0.1, 0.15) is 58.3 Å². The van der Waals surface area contributed by atoms with Gasteiger partial charge in [0.25, 0.3) is 0 Å². The molecule has 1 heterocycles. The molecular weight excluding hydrogens is 686 g/mol. The fourth-order valence-corrected chi connectivity index (χ4v) is 6.17. The van der Waals surface area contributed by atoms with Gasteiger partial charge in [-0.2, -0.15) is 21.0 Å². The van der Waals surface area contributed by atoms with Crippen molar-refractivity contribution in [1.29, 1.82) is 21.0 Å². The summed E-state index contributed by atoms with van der Waals surface area (Å²) < 4.78 is 84.1. The lowest BCUT2D eigenvalue weighted by Crippen LogP contribution is -2.16. The Labute approximate surface area is 289 Å². The van der Waals surface area contributed by atoms with Gasteiger partial charge in [-0.05, 0) is 69.8 Å². The minimum absolute atomic E-state index is 0.168. The molecule has 2 aliphatic carbocycles. The quantitative estimate of drug-likeness (QED) is 0.131. The first-order valence-corrected chi connectivity index (χ1v) is 14.9. The van der Waals surface area contributed by atoms with Crippen molar-refractivity contribution < 1.29 is 35.8 Å². The summed E-state index contributed by atoms with van der Waals surface area (Å²) in [6.07, 6.45) is -9.73. The molecule has 0 saturated carbocycles. The average Bonchev–Trinajstić information content (AvgIpc) is 3.59. The molecule has 5 aromatic rings. The first kappa shape index (κ1) is 33.1. The minimum atomic E-state index is -4.87. The number of fused-ring (bicyclic) bond motifs is 6. The molecular formula is C38H14F6N6O2. The van der Waals surface area contributed by atoms with Crippen LogP contribution in [0.15, 0.2) is 96.1 Å². The monoisotopic (exact) mass is 700 g/mol. The Morgan fingerprint density at radius 2 is 0.769 bits per heavy atom. The molecule has 0 atom stereocenters. The van der Waals surface area contributed by atoms with Crippen LogP contribution in [0.3, 0.4) is 0 Å². The summed E-state index contributed by atoms with van der Waals surface area (Å²) in [6, 6.07) is 27.9. The molecule has 1 aromatic heterocycles. The van der Waals surface area contributed by atoms with Crippen molar-refractivity contribution in [2.45, 2.75) is 12.7 Å². The number of rotatable bonds is 4. The van der Waals surface area contributed by atoms with Crippen molar-refractivity contribution in [3.8, 4) is 80.5 Å². The van der Waals surface area contributed by atoms with Crippen LogP contribution >= 0.6 is 0 Å². The van der Waals surface area contributed by atoms with E-state index in [9.17, 15) is 47.4 Å². The molecule has 0 unspecified atom stereocenters. The number of nitrogens with zero attached hydrogens (tertiary/aromatic N) is 6. The molecule has 0 amide bonds. The summed E-state index contributed by atoms with van der Waals surface area (Å²) in [6.45, 7) is 0. The third kappa shape index (κ3) is 5.81. The zero-order chi connectivity index (χ0) is 36.9. The molecule has 0 aliphatic heterocycles. The average molecular weight is 701 g/mol. The van der Waals surface area contributed by atoms with E-state index in [1.54, 1.807) is 36.4 Å². The standard InChI is InChI=1S/C38H14F6N6O2/c39-37(40,41)51-25-7-1-19(2-8-25)21-5-11-27-29(13-21)31(23(15-45)16-46)35-33(27)49-36-32(24(17-47)18-48)30-14-22(6-12-28(30)34(36)50-35)20-3-9-26(10-4-20)52-38(42,43)44/h1-14H. The molecule has 0 spiro atoms. The molecule has 0 N–H and O–H groups in total. The highest BCUT2D eigenvalue weighted by molar-refractivity contribution is 6.07. The predicted molar refractivity (Wildman–Crippen MR) is 172 cm³/mol. The number of benzene rings is 4. The van der Waals surface area contributed by atoms with Crippen molar-refractivity contribution in [2.24, 2.45) is 0 Å². The van der Waals surface area contributed by atoms with Gasteiger partial charge in [-0.15, -0.1) is 26.3 Å². The first-order valence-electron chi connectivity index (χ1n) is 14.9. The Morgan fingerprint density at radius 3 is 1.08 bits per heavy atom. The maximum Gasteiger partial charge on any atom is 0.573 e. The second-order valence-corrected chi connectivity index (χ2v) is 11.2. The normalized spacial score (nSPS) is 12.3. The topological polar surface area (TPSA) is 139 Å². The van der Waals surface area contributed by atoms with Gasteiger partial charge in [-0.1, -0.05) is 48.5 Å². The van der Waals surface area contributed by atoms with Crippen LogP contribution in [0.1, 0.15) is 22.5 Å². The van der Waals surface area contributed by atoms with E-state index in [1.165, 1.54) is 24.3 Å². The van der Waals surface area contributed by atoms with Crippen LogP contribution in [0.2, 0.25) is 0 Å². The molecule has 0 saturated heterocycles. The number of nitriles is 4. The molecule has 2 aliphatic rings. The van der Waals surface area contributed by atoms with E-state index in [4.69, 9.17) is 9.97 Å². The number of allylic oxidation sites excluding steroid dienone is 2. The maximum absolute atomic E-state index is 12.7. The van der Waals surface area contributed by atoms with E-state index < -0.39 is 24.2 Å². The van der Waals surface area contributed by atoms with Crippen LogP contribution in [0.4, 0.5) is 26.3 Å². The van der Waals surface area contributed by atoms with Gasteiger partial charge in [-0.25, -0.2) is 9.97 Å². The minimum Gasteiger partial charge on any atom is -0.406 e. The fourth-order valence-electron chi connectivity index (χ4n) is 6.17. The Balaban J connectivity index is 1.36. The SMILES string of the molecule is N#CC(C#N)=C1c2cc(-c3ccc(OC(F)(F)F)cc3)ccc2-c2nc3c(nc21)-c1ccc(-c2ccc(OC(F)(F)F)cc2)cc1C3=C(C#N)C#N. The highest BCUT2D eigenvalue weighted by Gasteiger charge is 2.37. The van der Waals surface area contributed by atoms with E-state index in [1.807, 2.05) is 24.3 Å². The highest BCUT2D eigenvalue weighted by Crippen LogP contribution is 2.51. The fraction of sp³-hybridized carbons (Fsp3) is 0.0526. The molecule has 0 bridgehead atoms. The molecule has 4 aromatic carbocycles. The number of hydrogen-bond donors (Lipinski definition) is 0. The van der Waals surface area contributed by atoms with Crippen molar-refractivity contribution in [3.63, 3.8) is 0 Å². The Hall–Kier alpha value is -7.42.